The van der Waals surface area contributed by atoms with Gasteiger partial charge < -0.3 is 23.1 Å². The number of rotatable bonds is 11. The molecule has 0 aromatic heterocycles. The number of carbonyl (C=O) groups is 2. The third-order valence-electron chi connectivity index (χ3n) is 7.23. The smallest absolute Gasteiger partial charge is 0.337 e. The fraction of sp³-hybridized carbons (Fsp3) is 0.913. The Morgan fingerprint density at radius 3 is 1.48 bits per heavy atom. The zero-order valence-corrected chi connectivity index (χ0v) is 24.4. The highest BCUT2D eigenvalue weighted by Crippen LogP contribution is 2.42. The van der Waals surface area contributed by atoms with Crippen LogP contribution in [-0.4, -0.2) is 61.4 Å². The van der Waals surface area contributed by atoms with E-state index < -0.39 is 40.9 Å². The topological polar surface area (TPSA) is 71.1 Å². The predicted octanol–water partition coefficient (Wildman–Crippen LogP) is 5.43. The normalized spacial score (nSPS) is 18.6. The summed E-state index contributed by atoms with van der Waals surface area (Å²) in [6.07, 6.45) is -0.984. The standard InChI is InChI=1S/C23H48O6Si2/c1-16(15-24)18(28-30(11,12)22(3,4)5)17(2)19(20(26-9)21(25)27-10)29-31(13,14)23(6,7)8/h15-20H,1-14H3/t16-,17+,18-,19+,20-/m0/s1. The number of ether oxygens (including phenoxy) is 2. The number of methoxy groups -OCH3 is 2. The van der Waals surface area contributed by atoms with Gasteiger partial charge in [0.25, 0.3) is 0 Å². The first-order valence-corrected chi connectivity index (χ1v) is 17.0. The molecule has 31 heavy (non-hydrogen) atoms. The maximum atomic E-state index is 12.6. The Kier molecular flexibility index (Phi) is 10.9. The summed E-state index contributed by atoms with van der Waals surface area (Å²) in [6, 6.07) is 0. The van der Waals surface area contributed by atoms with Gasteiger partial charge in [0, 0.05) is 18.9 Å². The maximum absolute atomic E-state index is 12.6. The SMILES string of the molecule is COC(=O)[C@@H](OC)[C@H](O[Si](C)(C)C(C)(C)C)[C@H](C)[C@@H](O[Si](C)(C)C(C)(C)C)[C@@H](C)C=O. The molecule has 0 aliphatic heterocycles. The van der Waals surface area contributed by atoms with Crippen LogP contribution < -0.4 is 0 Å². The van der Waals surface area contributed by atoms with Crippen LogP contribution in [0.25, 0.3) is 0 Å². The van der Waals surface area contributed by atoms with Gasteiger partial charge in [-0.25, -0.2) is 4.79 Å². The van der Waals surface area contributed by atoms with E-state index in [9.17, 15) is 9.59 Å². The van der Waals surface area contributed by atoms with Crippen LogP contribution in [0, 0.1) is 11.8 Å². The van der Waals surface area contributed by atoms with Gasteiger partial charge in [-0.3, -0.25) is 0 Å². The van der Waals surface area contributed by atoms with Gasteiger partial charge in [-0.05, 0) is 36.3 Å². The molecule has 184 valence electrons. The van der Waals surface area contributed by atoms with Crippen LogP contribution in [0.1, 0.15) is 55.4 Å². The van der Waals surface area contributed by atoms with E-state index in [1.807, 2.05) is 13.8 Å². The molecule has 0 N–H and O–H groups in total. The van der Waals surface area contributed by atoms with Crippen molar-refractivity contribution in [1.29, 1.82) is 0 Å². The van der Waals surface area contributed by atoms with Crippen molar-refractivity contribution in [2.75, 3.05) is 14.2 Å². The minimum atomic E-state index is -2.27. The molecule has 0 amide bonds. The van der Waals surface area contributed by atoms with Gasteiger partial charge in [0.1, 0.15) is 6.29 Å². The van der Waals surface area contributed by atoms with E-state index in [2.05, 4.69) is 67.7 Å². The fourth-order valence-corrected chi connectivity index (χ4v) is 5.75. The molecule has 0 heterocycles. The van der Waals surface area contributed by atoms with E-state index in [-0.39, 0.29) is 21.9 Å². The van der Waals surface area contributed by atoms with E-state index in [0.717, 1.165) is 6.29 Å². The Balaban J connectivity index is 6.40. The first-order valence-electron chi connectivity index (χ1n) is 11.2. The molecular weight excluding hydrogens is 428 g/mol. The van der Waals surface area contributed by atoms with Crippen molar-refractivity contribution in [1.82, 2.24) is 0 Å². The summed E-state index contributed by atoms with van der Waals surface area (Å²) in [6.45, 7) is 25.4. The molecular formula is C23H48O6Si2. The molecule has 6 nitrogen and oxygen atoms in total. The number of hydrogen-bond acceptors (Lipinski definition) is 6. The molecule has 0 aliphatic rings. The Hall–Kier alpha value is -0.546. The van der Waals surface area contributed by atoms with Crippen molar-refractivity contribution in [2.24, 2.45) is 11.8 Å². The lowest BCUT2D eigenvalue weighted by molar-refractivity contribution is -0.163. The first kappa shape index (κ1) is 30.5. The highest BCUT2D eigenvalue weighted by atomic mass is 28.4. The molecule has 0 bridgehead atoms. The third-order valence-corrected chi connectivity index (χ3v) is 16.2. The molecule has 0 saturated carbocycles. The molecule has 0 aromatic rings. The summed E-state index contributed by atoms with van der Waals surface area (Å²) in [5, 5.41) is -0.0855. The van der Waals surface area contributed by atoms with Crippen LogP contribution in [-0.2, 0) is 27.9 Å². The van der Waals surface area contributed by atoms with Gasteiger partial charge in [0.15, 0.2) is 22.7 Å². The zero-order valence-electron chi connectivity index (χ0n) is 22.4. The average molecular weight is 477 g/mol. The number of aldehydes is 1. The summed E-state index contributed by atoms with van der Waals surface area (Å²) in [4.78, 5) is 24.5. The van der Waals surface area contributed by atoms with E-state index in [1.165, 1.54) is 14.2 Å². The van der Waals surface area contributed by atoms with Crippen LogP contribution >= 0.6 is 0 Å². The Morgan fingerprint density at radius 1 is 0.806 bits per heavy atom. The molecule has 0 aliphatic carbocycles. The lowest BCUT2D eigenvalue weighted by atomic mass is 9.87. The molecule has 8 heteroatoms. The van der Waals surface area contributed by atoms with Gasteiger partial charge in [0.05, 0.1) is 19.3 Å². The van der Waals surface area contributed by atoms with E-state index in [1.54, 1.807) is 0 Å². The Labute approximate surface area is 193 Å². The second-order valence-electron chi connectivity index (χ2n) is 11.7. The summed E-state index contributed by atoms with van der Waals surface area (Å²) in [5.74, 6) is -1.11. The summed E-state index contributed by atoms with van der Waals surface area (Å²) in [5.41, 5.74) is 0. The van der Waals surface area contributed by atoms with Crippen LogP contribution in [0.15, 0.2) is 0 Å². The predicted molar refractivity (Wildman–Crippen MR) is 131 cm³/mol. The summed E-state index contributed by atoms with van der Waals surface area (Å²) in [7, 11) is -1.63. The highest BCUT2D eigenvalue weighted by molar-refractivity contribution is 6.74. The third kappa shape index (κ3) is 7.77. The van der Waals surface area contributed by atoms with Crippen LogP contribution in [0.4, 0.5) is 0 Å². The number of carbonyl (C=O) groups excluding carboxylic acids is 2. The number of hydrogen-bond donors (Lipinski definition) is 0. The Bertz CT molecular complexity index is 592. The summed E-state index contributed by atoms with van der Waals surface area (Å²) < 4.78 is 24.1. The van der Waals surface area contributed by atoms with E-state index in [4.69, 9.17) is 18.3 Å². The molecule has 5 atom stereocenters. The lowest BCUT2D eigenvalue weighted by Gasteiger charge is -2.47. The average Bonchev–Trinajstić information content (AvgIpc) is 2.62. The quantitative estimate of drug-likeness (QED) is 0.225. The van der Waals surface area contributed by atoms with Crippen molar-refractivity contribution in [2.45, 2.75) is 110 Å². The van der Waals surface area contributed by atoms with Gasteiger partial charge in [-0.2, -0.15) is 0 Å². The molecule has 0 aromatic carbocycles. The fourth-order valence-electron chi connectivity index (χ4n) is 2.92. The van der Waals surface area contributed by atoms with Crippen molar-refractivity contribution in [3.63, 3.8) is 0 Å². The molecule has 0 spiro atoms. The van der Waals surface area contributed by atoms with Crippen molar-refractivity contribution < 1.29 is 27.9 Å². The minimum Gasteiger partial charge on any atom is -0.467 e. The zero-order chi connectivity index (χ0) is 25.0. The van der Waals surface area contributed by atoms with Crippen molar-refractivity contribution >= 4 is 28.9 Å². The van der Waals surface area contributed by atoms with Crippen LogP contribution in [0.5, 0.6) is 0 Å². The highest BCUT2D eigenvalue weighted by Gasteiger charge is 2.48. The second kappa shape index (κ2) is 11.1. The van der Waals surface area contributed by atoms with E-state index in [0.29, 0.717) is 0 Å². The van der Waals surface area contributed by atoms with Crippen LogP contribution in [0.2, 0.25) is 36.3 Å². The van der Waals surface area contributed by atoms with Crippen molar-refractivity contribution in [3.8, 4) is 0 Å². The van der Waals surface area contributed by atoms with Gasteiger partial charge in [-0.15, -0.1) is 0 Å². The molecule has 0 fully saturated rings. The van der Waals surface area contributed by atoms with E-state index >= 15 is 0 Å². The van der Waals surface area contributed by atoms with Crippen molar-refractivity contribution in [3.05, 3.63) is 0 Å². The first-order chi connectivity index (χ1) is 13.8. The second-order valence-corrected chi connectivity index (χ2v) is 21.2. The largest absolute Gasteiger partial charge is 0.467 e. The van der Waals surface area contributed by atoms with Gasteiger partial charge >= 0.3 is 5.97 Å². The molecule has 0 unspecified atom stereocenters. The molecule has 0 saturated heterocycles. The lowest BCUT2D eigenvalue weighted by Crippen LogP contribution is -2.56. The maximum Gasteiger partial charge on any atom is 0.337 e. The monoisotopic (exact) mass is 476 g/mol. The van der Waals surface area contributed by atoms with Crippen LogP contribution in [0.3, 0.4) is 0 Å². The molecule has 0 radical (unpaired) electrons. The molecule has 0 rings (SSSR count). The van der Waals surface area contributed by atoms with Gasteiger partial charge in [-0.1, -0.05) is 55.4 Å². The number of esters is 1. The minimum absolute atomic E-state index is 0.0215. The Morgan fingerprint density at radius 2 is 1.19 bits per heavy atom. The summed E-state index contributed by atoms with van der Waals surface area (Å²) >= 11 is 0. The van der Waals surface area contributed by atoms with Gasteiger partial charge in [0.2, 0.25) is 0 Å².